The van der Waals surface area contributed by atoms with Crippen LogP contribution in [0.15, 0.2) is 12.4 Å². The fraction of sp³-hybridized carbons (Fsp3) is 0.600. The minimum atomic E-state index is -0.477. The van der Waals surface area contributed by atoms with Gasteiger partial charge in [0.2, 0.25) is 5.91 Å². The average molecular weight is 247 g/mol. The van der Waals surface area contributed by atoms with Gasteiger partial charge >= 0.3 is 0 Å². The van der Waals surface area contributed by atoms with Crippen LogP contribution in [0.3, 0.4) is 0 Å². The summed E-state index contributed by atoms with van der Waals surface area (Å²) in [7, 11) is 0. The van der Waals surface area contributed by atoms with E-state index < -0.39 is 6.04 Å². The van der Waals surface area contributed by atoms with Gasteiger partial charge in [0.15, 0.2) is 0 Å². The van der Waals surface area contributed by atoms with Crippen molar-refractivity contribution in [2.45, 2.75) is 33.4 Å². The quantitative estimate of drug-likeness (QED) is 0.840. The maximum atomic E-state index is 11.6. The number of nitrogens with two attached hydrogens (primary N) is 1. The van der Waals surface area contributed by atoms with E-state index in [1.165, 1.54) is 0 Å². The second-order valence-electron chi connectivity index (χ2n) is 3.84. The number of aromatic nitrogens is 2. The molecule has 0 spiro atoms. The van der Waals surface area contributed by atoms with Crippen LogP contribution in [0.2, 0.25) is 0 Å². The van der Waals surface area contributed by atoms with E-state index in [-0.39, 0.29) is 24.2 Å². The van der Waals surface area contributed by atoms with E-state index in [0.717, 1.165) is 6.54 Å². The van der Waals surface area contributed by atoms with Gasteiger partial charge in [-0.25, -0.2) is 0 Å². The third-order valence-electron chi connectivity index (χ3n) is 2.25. The Kier molecular flexibility index (Phi) is 6.06. The third-order valence-corrected chi connectivity index (χ3v) is 2.25. The van der Waals surface area contributed by atoms with Crippen molar-refractivity contribution in [1.29, 1.82) is 0 Å². The lowest BCUT2D eigenvalue weighted by Gasteiger charge is -2.14. The Morgan fingerprint density at radius 3 is 2.69 bits per heavy atom. The zero-order valence-electron chi connectivity index (χ0n) is 9.80. The first-order chi connectivity index (χ1) is 7.04. The van der Waals surface area contributed by atoms with Gasteiger partial charge in [-0.2, -0.15) is 5.10 Å². The summed E-state index contributed by atoms with van der Waals surface area (Å²) >= 11 is 0. The lowest BCUT2D eigenvalue weighted by Crippen LogP contribution is -2.39. The summed E-state index contributed by atoms with van der Waals surface area (Å²) in [4.78, 5) is 11.6. The number of nitrogens with one attached hydrogen (secondary N) is 1. The van der Waals surface area contributed by atoms with Gasteiger partial charge in [0.1, 0.15) is 0 Å². The largest absolute Gasteiger partial charge is 0.322 e. The standard InChI is InChI=1S/C10H18N4O.ClH/c1-4-14-6-8(5-12-14)13-10(15)9(11)7(2)3;/h5-7,9H,4,11H2,1-3H3,(H,13,15);1H/t9-;/m0./s1. The predicted octanol–water partition coefficient (Wildman–Crippen LogP) is 1.25. The second-order valence-corrected chi connectivity index (χ2v) is 3.84. The van der Waals surface area contributed by atoms with E-state index >= 15 is 0 Å². The molecule has 0 aromatic carbocycles. The molecule has 0 aliphatic carbocycles. The van der Waals surface area contributed by atoms with Crippen molar-refractivity contribution < 1.29 is 4.79 Å². The minimum Gasteiger partial charge on any atom is -0.322 e. The van der Waals surface area contributed by atoms with Crippen LogP contribution in [0.5, 0.6) is 0 Å². The smallest absolute Gasteiger partial charge is 0.241 e. The number of carbonyl (C=O) groups excluding carboxylic acids is 1. The summed E-state index contributed by atoms with van der Waals surface area (Å²) in [5, 5.41) is 6.78. The molecule has 6 heteroatoms. The molecule has 0 fully saturated rings. The predicted molar refractivity (Wildman–Crippen MR) is 66.6 cm³/mol. The van der Waals surface area contributed by atoms with Crippen molar-refractivity contribution in [3.63, 3.8) is 0 Å². The first-order valence-corrected chi connectivity index (χ1v) is 5.13. The van der Waals surface area contributed by atoms with Crippen molar-refractivity contribution in [3.8, 4) is 0 Å². The molecule has 0 saturated carbocycles. The fourth-order valence-electron chi connectivity index (χ4n) is 1.13. The Balaban J connectivity index is 0.00000225. The Morgan fingerprint density at radius 2 is 2.25 bits per heavy atom. The maximum absolute atomic E-state index is 11.6. The van der Waals surface area contributed by atoms with Crippen LogP contribution in [0, 0.1) is 5.92 Å². The molecule has 92 valence electrons. The van der Waals surface area contributed by atoms with Gasteiger partial charge in [-0.3, -0.25) is 9.48 Å². The molecule has 0 unspecified atom stereocenters. The molecule has 16 heavy (non-hydrogen) atoms. The second kappa shape index (κ2) is 6.50. The van der Waals surface area contributed by atoms with Crippen LogP contribution in [0.4, 0.5) is 5.69 Å². The average Bonchev–Trinajstić information content (AvgIpc) is 2.64. The molecule has 3 N–H and O–H groups in total. The third kappa shape index (κ3) is 3.83. The number of aryl methyl sites for hydroxylation is 1. The number of amides is 1. The normalized spacial score (nSPS) is 12.1. The molecule has 1 aromatic heterocycles. The van der Waals surface area contributed by atoms with E-state index in [2.05, 4.69) is 10.4 Å². The Morgan fingerprint density at radius 1 is 1.62 bits per heavy atom. The number of rotatable bonds is 4. The fourth-order valence-corrected chi connectivity index (χ4v) is 1.13. The van der Waals surface area contributed by atoms with Crippen molar-refractivity contribution in [2.24, 2.45) is 11.7 Å². The zero-order valence-corrected chi connectivity index (χ0v) is 10.6. The molecule has 0 bridgehead atoms. The summed E-state index contributed by atoms with van der Waals surface area (Å²) in [6, 6.07) is -0.477. The maximum Gasteiger partial charge on any atom is 0.241 e. The van der Waals surface area contributed by atoms with Crippen LogP contribution < -0.4 is 11.1 Å². The molecular formula is C10H19ClN4O. The molecule has 1 amide bonds. The van der Waals surface area contributed by atoms with Gasteiger partial charge in [-0.15, -0.1) is 12.4 Å². The molecule has 0 radical (unpaired) electrons. The van der Waals surface area contributed by atoms with Crippen LogP contribution in [-0.2, 0) is 11.3 Å². The highest BCUT2D eigenvalue weighted by molar-refractivity contribution is 5.94. The molecule has 1 heterocycles. The molecule has 1 rings (SSSR count). The molecule has 1 aromatic rings. The van der Waals surface area contributed by atoms with E-state index in [4.69, 9.17) is 5.73 Å². The molecule has 5 nitrogen and oxygen atoms in total. The van der Waals surface area contributed by atoms with E-state index in [0.29, 0.717) is 5.69 Å². The first-order valence-electron chi connectivity index (χ1n) is 5.13. The number of anilines is 1. The topological polar surface area (TPSA) is 72.9 Å². The number of halogens is 1. The summed E-state index contributed by atoms with van der Waals surface area (Å²) < 4.78 is 1.75. The number of nitrogens with zero attached hydrogens (tertiary/aromatic N) is 2. The Bertz CT molecular complexity index is 337. The highest BCUT2D eigenvalue weighted by Gasteiger charge is 2.17. The zero-order chi connectivity index (χ0) is 11.4. The van der Waals surface area contributed by atoms with Gasteiger partial charge < -0.3 is 11.1 Å². The molecule has 0 aliphatic heterocycles. The van der Waals surface area contributed by atoms with Gasteiger partial charge in [-0.05, 0) is 12.8 Å². The molecular weight excluding hydrogens is 228 g/mol. The lowest BCUT2D eigenvalue weighted by molar-refractivity contribution is -0.118. The van der Waals surface area contributed by atoms with Crippen molar-refractivity contribution in [1.82, 2.24) is 9.78 Å². The monoisotopic (exact) mass is 246 g/mol. The first kappa shape index (κ1) is 14.9. The highest BCUT2D eigenvalue weighted by atomic mass is 35.5. The van der Waals surface area contributed by atoms with Crippen molar-refractivity contribution in [2.75, 3.05) is 5.32 Å². The van der Waals surface area contributed by atoms with Crippen LogP contribution >= 0.6 is 12.4 Å². The Hall–Kier alpha value is -1.07. The van der Waals surface area contributed by atoms with Crippen LogP contribution in [0.1, 0.15) is 20.8 Å². The van der Waals surface area contributed by atoms with Crippen LogP contribution in [-0.4, -0.2) is 21.7 Å². The Labute approximate surface area is 102 Å². The van der Waals surface area contributed by atoms with Gasteiger partial charge in [0, 0.05) is 12.7 Å². The van der Waals surface area contributed by atoms with E-state index in [9.17, 15) is 4.79 Å². The van der Waals surface area contributed by atoms with Gasteiger partial charge in [-0.1, -0.05) is 13.8 Å². The van der Waals surface area contributed by atoms with Crippen molar-refractivity contribution >= 4 is 24.0 Å². The summed E-state index contributed by atoms with van der Waals surface area (Å²) in [5.41, 5.74) is 6.40. The molecule has 0 saturated heterocycles. The molecule has 1 atom stereocenters. The SMILES string of the molecule is CCn1cc(NC(=O)[C@@H](N)C(C)C)cn1.Cl. The van der Waals surface area contributed by atoms with Gasteiger partial charge in [0.25, 0.3) is 0 Å². The number of carbonyl (C=O) groups is 1. The minimum absolute atomic E-state index is 0. The van der Waals surface area contributed by atoms with E-state index in [1.54, 1.807) is 17.1 Å². The van der Waals surface area contributed by atoms with Gasteiger partial charge in [0.05, 0.1) is 17.9 Å². The number of hydrogen-bond donors (Lipinski definition) is 2. The van der Waals surface area contributed by atoms with Crippen LogP contribution in [0.25, 0.3) is 0 Å². The summed E-state index contributed by atoms with van der Waals surface area (Å²) in [6.45, 7) is 6.60. The lowest BCUT2D eigenvalue weighted by atomic mass is 10.1. The summed E-state index contributed by atoms with van der Waals surface area (Å²) in [6.07, 6.45) is 3.40. The highest BCUT2D eigenvalue weighted by Crippen LogP contribution is 2.07. The van der Waals surface area contributed by atoms with Crippen molar-refractivity contribution in [3.05, 3.63) is 12.4 Å². The van der Waals surface area contributed by atoms with E-state index in [1.807, 2.05) is 20.8 Å². The molecule has 0 aliphatic rings. The number of hydrogen-bond acceptors (Lipinski definition) is 3. The summed E-state index contributed by atoms with van der Waals surface area (Å²) in [5.74, 6) is -0.0353.